The number of aromatic carboxylic acids is 3. The van der Waals surface area contributed by atoms with E-state index < -0.39 is 40.4 Å². The molecular formula is C11H9NaO7. The van der Waals surface area contributed by atoms with Crippen LogP contribution in [0.5, 0.6) is 0 Å². The molecule has 0 saturated heterocycles. The average molecular weight is 276 g/mol. The van der Waals surface area contributed by atoms with E-state index in [0.29, 0.717) is 0 Å². The number of rotatable bonds is 4. The first-order chi connectivity index (χ1) is 8.27. The molecule has 3 N–H and O–H groups in total. The van der Waals surface area contributed by atoms with Crippen molar-refractivity contribution in [3.05, 3.63) is 34.4 Å². The summed E-state index contributed by atoms with van der Waals surface area (Å²) >= 11 is 0. The molecule has 0 aromatic heterocycles. The van der Waals surface area contributed by atoms with Crippen LogP contribution in [-0.2, 0) is 0 Å². The maximum absolute atomic E-state index is 11.2. The molecule has 0 aliphatic rings. The minimum atomic E-state index is -1.71. The second kappa shape index (κ2) is 6.46. The largest absolute Gasteiger partial charge is 1.00 e. The second-order valence-corrected chi connectivity index (χ2v) is 3.38. The minimum absolute atomic E-state index is 0. The normalized spacial score (nSPS) is 9.32. The minimum Gasteiger partial charge on any atom is -1.00 e. The zero-order valence-corrected chi connectivity index (χ0v) is 12.1. The topological polar surface area (TPSA) is 129 Å². The molecule has 0 radical (unpaired) electrons. The molecule has 0 fully saturated rings. The molecule has 7 nitrogen and oxygen atoms in total. The SMILES string of the molecule is CC(=O)c1ccc(C(=O)O)c(C(=O)O)c1C(=O)O.[H-].[Na+]. The van der Waals surface area contributed by atoms with Gasteiger partial charge in [0, 0.05) is 5.56 Å². The Morgan fingerprint density at radius 1 is 0.842 bits per heavy atom. The number of ketones is 1. The molecule has 0 aliphatic carbocycles. The van der Waals surface area contributed by atoms with E-state index in [1.54, 1.807) is 0 Å². The molecule has 0 heterocycles. The van der Waals surface area contributed by atoms with E-state index in [1.807, 2.05) is 0 Å². The smallest absolute Gasteiger partial charge is 1.00 e. The molecule has 0 bridgehead atoms. The molecular weight excluding hydrogens is 267 g/mol. The Bertz CT molecular complexity index is 531. The average Bonchev–Trinajstić information content (AvgIpc) is 2.26. The van der Waals surface area contributed by atoms with Crippen molar-refractivity contribution >= 4 is 23.7 Å². The summed E-state index contributed by atoms with van der Waals surface area (Å²) in [6, 6.07) is 1.89. The van der Waals surface area contributed by atoms with Crippen LogP contribution in [0, 0.1) is 0 Å². The first kappa shape index (κ1) is 17.3. The molecule has 0 aliphatic heterocycles. The number of carboxylic acids is 3. The van der Waals surface area contributed by atoms with E-state index in [1.165, 1.54) is 0 Å². The van der Waals surface area contributed by atoms with Gasteiger partial charge in [-0.15, -0.1) is 0 Å². The van der Waals surface area contributed by atoms with Gasteiger partial charge in [-0.1, -0.05) is 0 Å². The Labute approximate surface area is 130 Å². The summed E-state index contributed by atoms with van der Waals surface area (Å²) in [5, 5.41) is 26.7. The molecule has 1 aromatic rings. The number of carboxylic acid groups (broad SMARTS) is 3. The fourth-order valence-electron chi connectivity index (χ4n) is 1.52. The van der Waals surface area contributed by atoms with Crippen LogP contribution in [0.3, 0.4) is 0 Å². The molecule has 0 saturated carbocycles. The van der Waals surface area contributed by atoms with Crippen LogP contribution < -0.4 is 29.6 Å². The van der Waals surface area contributed by atoms with Gasteiger partial charge >= 0.3 is 47.5 Å². The van der Waals surface area contributed by atoms with Crippen molar-refractivity contribution in [2.45, 2.75) is 6.92 Å². The van der Waals surface area contributed by atoms with Crippen LogP contribution in [0.15, 0.2) is 12.1 Å². The van der Waals surface area contributed by atoms with Crippen LogP contribution in [0.4, 0.5) is 0 Å². The summed E-state index contributed by atoms with van der Waals surface area (Å²) in [5.41, 5.74) is -2.73. The van der Waals surface area contributed by atoms with Gasteiger partial charge in [-0.05, 0) is 19.1 Å². The maximum Gasteiger partial charge on any atom is 1.00 e. The monoisotopic (exact) mass is 276 g/mol. The van der Waals surface area contributed by atoms with Crippen molar-refractivity contribution in [3.63, 3.8) is 0 Å². The van der Waals surface area contributed by atoms with Gasteiger partial charge < -0.3 is 16.7 Å². The van der Waals surface area contributed by atoms with Crippen LogP contribution in [-0.4, -0.2) is 39.0 Å². The third-order valence-corrected chi connectivity index (χ3v) is 2.24. The van der Waals surface area contributed by atoms with E-state index in [-0.39, 0.29) is 36.5 Å². The van der Waals surface area contributed by atoms with Crippen molar-refractivity contribution in [2.24, 2.45) is 0 Å². The van der Waals surface area contributed by atoms with Gasteiger partial charge in [0.2, 0.25) is 0 Å². The standard InChI is InChI=1S/C11H8O7.Na.H/c1-4(12)5-2-3-6(9(13)14)8(11(17)18)7(5)10(15)16;;/h2-3H,1H3,(H,13,14)(H,15,16)(H,17,18);;/q;+1;-1. The van der Waals surface area contributed by atoms with Crippen LogP contribution in [0.1, 0.15) is 49.8 Å². The zero-order valence-electron chi connectivity index (χ0n) is 11.1. The van der Waals surface area contributed by atoms with Gasteiger partial charge in [-0.2, -0.15) is 0 Å². The molecule has 96 valence electrons. The molecule has 0 atom stereocenters. The van der Waals surface area contributed by atoms with E-state index in [0.717, 1.165) is 19.1 Å². The molecule has 1 rings (SSSR count). The van der Waals surface area contributed by atoms with Crippen molar-refractivity contribution in [1.29, 1.82) is 0 Å². The summed E-state index contributed by atoms with van der Waals surface area (Å²) in [7, 11) is 0. The summed E-state index contributed by atoms with van der Waals surface area (Å²) in [5.74, 6) is -5.62. The maximum atomic E-state index is 11.2. The first-order valence-corrected chi connectivity index (χ1v) is 4.65. The molecule has 1 aromatic carbocycles. The van der Waals surface area contributed by atoms with Crippen molar-refractivity contribution in [3.8, 4) is 0 Å². The van der Waals surface area contributed by atoms with Crippen LogP contribution in [0.2, 0.25) is 0 Å². The molecule has 8 heteroatoms. The predicted octanol–water partition coefficient (Wildman–Crippen LogP) is -1.90. The first-order valence-electron chi connectivity index (χ1n) is 4.65. The van der Waals surface area contributed by atoms with E-state index in [2.05, 4.69) is 0 Å². The van der Waals surface area contributed by atoms with E-state index in [9.17, 15) is 19.2 Å². The Kier molecular flexibility index (Phi) is 5.88. The van der Waals surface area contributed by atoms with Gasteiger partial charge in [0.15, 0.2) is 5.78 Å². The summed E-state index contributed by atoms with van der Waals surface area (Å²) in [6.45, 7) is 1.06. The number of Topliss-reactive ketones (excluding diaryl/α,β-unsaturated/α-hetero) is 1. The molecule has 19 heavy (non-hydrogen) atoms. The zero-order chi connectivity index (χ0) is 14.0. The number of hydrogen-bond donors (Lipinski definition) is 3. The molecule has 0 unspecified atom stereocenters. The summed E-state index contributed by atoms with van der Waals surface area (Å²) in [4.78, 5) is 44.1. The number of carbonyl (C=O) groups excluding carboxylic acids is 1. The van der Waals surface area contributed by atoms with Gasteiger partial charge in [0.05, 0.1) is 16.7 Å². The van der Waals surface area contributed by atoms with E-state index >= 15 is 0 Å². The third kappa shape index (κ3) is 3.40. The second-order valence-electron chi connectivity index (χ2n) is 3.38. The van der Waals surface area contributed by atoms with E-state index in [4.69, 9.17) is 15.3 Å². The quantitative estimate of drug-likeness (QED) is 0.432. The Balaban J connectivity index is 0. The van der Waals surface area contributed by atoms with Gasteiger partial charge in [0.1, 0.15) is 0 Å². The molecule has 0 spiro atoms. The van der Waals surface area contributed by atoms with Gasteiger partial charge in [-0.3, -0.25) is 4.79 Å². The van der Waals surface area contributed by atoms with Crippen molar-refractivity contribution in [2.75, 3.05) is 0 Å². The fraction of sp³-hybridized carbons (Fsp3) is 0.0909. The Morgan fingerprint density at radius 2 is 1.21 bits per heavy atom. The van der Waals surface area contributed by atoms with Gasteiger partial charge in [-0.25, -0.2) is 14.4 Å². The van der Waals surface area contributed by atoms with Crippen LogP contribution in [0.25, 0.3) is 0 Å². The number of hydrogen-bond acceptors (Lipinski definition) is 4. The van der Waals surface area contributed by atoms with Gasteiger partial charge in [0.25, 0.3) is 0 Å². The summed E-state index contributed by atoms with van der Waals surface area (Å²) in [6.07, 6.45) is 0. The third-order valence-electron chi connectivity index (χ3n) is 2.24. The van der Waals surface area contributed by atoms with Crippen molar-refractivity contribution < 1.29 is 65.5 Å². The summed E-state index contributed by atoms with van der Waals surface area (Å²) < 4.78 is 0. The Morgan fingerprint density at radius 3 is 1.53 bits per heavy atom. The fourth-order valence-corrected chi connectivity index (χ4v) is 1.52. The number of benzene rings is 1. The molecule has 0 amide bonds. The number of carbonyl (C=O) groups is 4. The van der Waals surface area contributed by atoms with Crippen molar-refractivity contribution in [1.82, 2.24) is 0 Å². The van der Waals surface area contributed by atoms with Crippen LogP contribution >= 0.6 is 0 Å². The predicted molar refractivity (Wildman–Crippen MR) is 58.4 cm³/mol. The Hall–Kier alpha value is -1.70.